The lowest BCUT2D eigenvalue weighted by atomic mass is 10.0. The fraction of sp³-hybridized carbons (Fsp3) is 0.240. The van der Waals surface area contributed by atoms with Crippen LogP contribution in [0, 0.1) is 11.6 Å². The first-order valence-corrected chi connectivity index (χ1v) is 11.8. The van der Waals surface area contributed by atoms with Crippen LogP contribution in [0.1, 0.15) is 16.0 Å². The molecular formula is C25H22F2N4O3S. The third kappa shape index (κ3) is 4.14. The predicted octanol–water partition coefficient (Wildman–Crippen LogP) is 3.21. The van der Waals surface area contributed by atoms with Crippen molar-refractivity contribution in [3.63, 3.8) is 0 Å². The zero-order chi connectivity index (χ0) is 24.9. The van der Waals surface area contributed by atoms with E-state index < -0.39 is 22.9 Å². The highest BCUT2D eigenvalue weighted by molar-refractivity contribution is 7.18. The van der Waals surface area contributed by atoms with Gasteiger partial charge in [-0.05, 0) is 41.8 Å². The molecule has 0 fully saturated rings. The molecule has 7 nitrogen and oxygen atoms in total. The summed E-state index contributed by atoms with van der Waals surface area (Å²) < 4.78 is 28.4. The Balaban J connectivity index is 1.45. The third-order valence-corrected chi connectivity index (χ3v) is 7.34. The number of H-pyrrole nitrogens is 1. The van der Waals surface area contributed by atoms with Crippen molar-refractivity contribution < 1.29 is 13.6 Å². The van der Waals surface area contributed by atoms with Crippen LogP contribution >= 0.6 is 11.3 Å². The number of carbonyl (C=O) groups excluding carboxylic acids is 1. The lowest BCUT2D eigenvalue weighted by Gasteiger charge is -2.27. The Hall–Kier alpha value is -3.79. The van der Waals surface area contributed by atoms with Crippen LogP contribution in [0.15, 0.2) is 52.1 Å². The second-order valence-corrected chi connectivity index (χ2v) is 9.78. The number of amides is 1. The topological polar surface area (TPSA) is 78.4 Å². The van der Waals surface area contributed by atoms with Crippen molar-refractivity contribution in [1.82, 2.24) is 14.5 Å². The summed E-state index contributed by atoms with van der Waals surface area (Å²) in [5, 5.41) is 0.305. The van der Waals surface area contributed by atoms with E-state index in [4.69, 9.17) is 0 Å². The summed E-state index contributed by atoms with van der Waals surface area (Å²) in [6, 6.07) is 10.5. The van der Waals surface area contributed by atoms with Crippen LogP contribution in [0.4, 0.5) is 14.5 Å². The van der Waals surface area contributed by atoms with Gasteiger partial charge in [0.15, 0.2) is 0 Å². The van der Waals surface area contributed by atoms with Crippen molar-refractivity contribution in [2.24, 2.45) is 0 Å². The average Bonchev–Trinajstić information content (AvgIpc) is 3.18. The number of nitrogens with zero attached hydrogens (tertiary/aromatic N) is 3. The van der Waals surface area contributed by atoms with Gasteiger partial charge in [-0.3, -0.25) is 14.6 Å². The van der Waals surface area contributed by atoms with E-state index in [0.717, 1.165) is 33.8 Å². The van der Waals surface area contributed by atoms with Crippen molar-refractivity contribution in [1.29, 1.82) is 0 Å². The molecule has 10 heteroatoms. The second-order valence-electron chi connectivity index (χ2n) is 8.68. The van der Waals surface area contributed by atoms with Gasteiger partial charge in [-0.1, -0.05) is 12.1 Å². The number of aromatic amines is 1. The number of thiophene rings is 1. The molecule has 1 amide bonds. The van der Waals surface area contributed by atoms with Crippen LogP contribution in [0.2, 0.25) is 0 Å². The van der Waals surface area contributed by atoms with Crippen LogP contribution < -0.4 is 16.1 Å². The minimum Gasteiger partial charge on any atom is -0.378 e. The first kappa shape index (κ1) is 23.0. The molecule has 1 N–H and O–H groups in total. The number of rotatable bonds is 4. The van der Waals surface area contributed by atoms with Crippen molar-refractivity contribution >= 4 is 33.1 Å². The number of anilines is 1. The molecule has 180 valence electrons. The molecule has 0 spiro atoms. The summed E-state index contributed by atoms with van der Waals surface area (Å²) in [4.78, 5) is 46.4. The standard InChI is InChI=1S/C25H22F2N4O3S/c1-29(2)16-6-3-14(4-7-16)11-21(32)30-10-9-17-20(13-30)35-23-22(17)24(33)31(25(34)28-23)19-8-5-15(26)12-18(19)27/h3-8,12H,9-11,13H2,1-2H3,(H,28,34). The molecule has 4 aromatic rings. The third-order valence-electron chi connectivity index (χ3n) is 6.21. The van der Waals surface area contributed by atoms with Gasteiger partial charge in [0.2, 0.25) is 5.91 Å². The highest BCUT2D eigenvalue weighted by atomic mass is 32.1. The highest BCUT2D eigenvalue weighted by Gasteiger charge is 2.27. The maximum atomic E-state index is 14.3. The largest absolute Gasteiger partial charge is 0.378 e. The summed E-state index contributed by atoms with van der Waals surface area (Å²) in [6.45, 7) is 0.757. The Kier molecular flexibility index (Phi) is 5.76. The fourth-order valence-corrected chi connectivity index (χ4v) is 5.61. The summed E-state index contributed by atoms with van der Waals surface area (Å²) in [5.74, 6) is -1.83. The molecule has 2 aromatic carbocycles. The van der Waals surface area contributed by atoms with Gasteiger partial charge < -0.3 is 9.80 Å². The van der Waals surface area contributed by atoms with E-state index in [1.165, 1.54) is 11.3 Å². The number of benzene rings is 2. The van der Waals surface area contributed by atoms with Gasteiger partial charge in [0.25, 0.3) is 5.56 Å². The van der Waals surface area contributed by atoms with E-state index in [-0.39, 0.29) is 18.0 Å². The molecule has 0 radical (unpaired) electrons. The Labute approximate surface area is 202 Å². The number of fused-ring (bicyclic) bond motifs is 3. The summed E-state index contributed by atoms with van der Waals surface area (Å²) in [7, 11) is 3.91. The predicted molar refractivity (Wildman–Crippen MR) is 132 cm³/mol. The van der Waals surface area contributed by atoms with Gasteiger partial charge in [0, 0.05) is 37.3 Å². The summed E-state index contributed by atoms with van der Waals surface area (Å²) >= 11 is 1.25. The lowest BCUT2D eigenvalue weighted by molar-refractivity contribution is -0.131. The molecule has 2 aromatic heterocycles. The number of carbonyl (C=O) groups is 1. The van der Waals surface area contributed by atoms with Crippen LogP contribution in [-0.4, -0.2) is 41.0 Å². The van der Waals surface area contributed by atoms with E-state index in [0.29, 0.717) is 40.4 Å². The molecule has 35 heavy (non-hydrogen) atoms. The zero-order valence-electron chi connectivity index (χ0n) is 19.1. The molecular weight excluding hydrogens is 474 g/mol. The highest BCUT2D eigenvalue weighted by Crippen LogP contribution is 2.32. The normalized spacial score (nSPS) is 13.2. The van der Waals surface area contributed by atoms with Crippen molar-refractivity contribution in [3.8, 4) is 5.69 Å². The van der Waals surface area contributed by atoms with E-state index in [2.05, 4.69) is 4.98 Å². The molecule has 1 aliphatic heterocycles. The smallest absolute Gasteiger partial charge is 0.334 e. The quantitative estimate of drug-likeness (QED) is 0.471. The molecule has 3 heterocycles. The molecule has 0 atom stereocenters. The Morgan fingerprint density at radius 3 is 2.54 bits per heavy atom. The van der Waals surface area contributed by atoms with E-state index in [1.807, 2.05) is 43.3 Å². The van der Waals surface area contributed by atoms with Crippen LogP contribution in [0.25, 0.3) is 15.9 Å². The number of nitrogens with one attached hydrogen (secondary N) is 1. The SMILES string of the molecule is CN(C)c1ccc(CC(=O)N2CCc3c(sc4[nH]c(=O)n(-c5ccc(F)cc5F)c(=O)c34)C2)cc1. The average molecular weight is 497 g/mol. The lowest BCUT2D eigenvalue weighted by Crippen LogP contribution is -2.37. The molecule has 0 aliphatic carbocycles. The van der Waals surface area contributed by atoms with Gasteiger partial charge >= 0.3 is 5.69 Å². The van der Waals surface area contributed by atoms with Gasteiger partial charge in [-0.25, -0.2) is 18.1 Å². The van der Waals surface area contributed by atoms with Crippen LogP contribution in [0.3, 0.4) is 0 Å². The van der Waals surface area contributed by atoms with Crippen LogP contribution in [0.5, 0.6) is 0 Å². The number of halogens is 2. The Bertz CT molecular complexity index is 1570. The maximum Gasteiger partial charge on any atom is 0.334 e. The van der Waals surface area contributed by atoms with Gasteiger partial charge in [0.05, 0.1) is 24.0 Å². The minimum atomic E-state index is -1.00. The van der Waals surface area contributed by atoms with Gasteiger partial charge in [0.1, 0.15) is 16.5 Å². The van der Waals surface area contributed by atoms with Crippen molar-refractivity contribution in [2.75, 3.05) is 25.5 Å². The minimum absolute atomic E-state index is 0.0232. The monoisotopic (exact) mass is 496 g/mol. The van der Waals surface area contributed by atoms with Gasteiger partial charge in [-0.15, -0.1) is 11.3 Å². The molecule has 0 saturated carbocycles. The van der Waals surface area contributed by atoms with Crippen LogP contribution in [-0.2, 0) is 24.2 Å². The van der Waals surface area contributed by atoms with Gasteiger partial charge in [-0.2, -0.15) is 0 Å². The van der Waals surface area contributed by atoms with E-state index in [9.17, 15) is 23.2 Å². The first-order chi connectivity index (χ1) is 16.7. The second kappa shape index (κ2) is 8.77. The first-order valence-electron chi connectivity index (χ1n) is 11.0. The molecule has 0 bridgehead atoms. The number of aromatic nitrogens is 2. The molecule has 0 saturated heterocycles. The molecule has 5 rings (SSSR count). The molecule has 1 aliphatic rings. The summed E-state index contributed by atoms with van der Waals surface area (Å²) in [6.07, 6.45) is 0.704. The van der Waals surface area contributed by atoms with Crippen molar-refractivity contribution in [2.45, 2.75) is 19.4 Å². The number of hydrogen-bond donors (Lipinski definition) is 1. The maximum absolute atomic E-state index is 14.3. The zero-order valence-corrected chi connectivity index (χ0v) is 19.9. The fourth-order valence-electron chi connectivity index (χ4n) is 4.37. The molecule has 0 unspecified atom stereocenters. The number of hydrogen-bond acceptors (Lipinski definition) is 5. The Morgan fingerprint density at radius 2 is 1.86 bits per heavy atom. The Morgan fingerprint density at radius 1 is 1.11 bits per heavy atom. The van der Waals surface area contributed by atoms with Crippen molar-refractivity contribution in [3.05, 3.63) is 90.9 Å². The van der Waals surface area contributed by atoms with E-state index in [1.54, 1.807) is 4.90 Å². The summed E-state index contributed by atoms with van der Waals surface area (Å²) in [5.41, 5.74) is 0.938. The van der Waals surface area contributed by atoms with E-state index >= 15 is 0 Å².